The number of benzene rings is 2. The minimum absolute atomic E-state index is 0.0393. The molecule has 0 aliphatic rings. The van der Waals surface area contributed by atoms with Crippen LogP contribution in [0.5, 0.6) is 0 Å². The molecular weight excluding hydrogens is 366 g/mol. The molecule has 0 heterocycles. The van der Waals surface area contributed by atoms with E-state index < -0.39 is 29.0 Å². The molecule has 0 atom stereocenters. The lowest BCUT2D eigenvalue weighted by Crippen LogP contribution is -2.27. The van der Waals surface area contributed by atoms with Crippen LogP contribution in [0.3, 0.4) is 0 Å². The summed E-state index contributed by atoms with van der Waals surface area (Å²) in [4.78, 5) is 46.4. The Labute approximate surface area is 160 Å². The highest BCUT2D eigenvalue weighted by molar-refractivity contribution is 6.40. The van der Waals surface area contributed by atoms with Crippen LogP contribution in [0.15, 0.2) is 59.7 Å². The van der Waals surface area contributed by atoms with Crippen molar-refractivity contribution in [2.75, 3.05) is 7.11 Å². The highest BCUT2D eigenvalue weighted by Gasteiger charge is 2.20. The summed E-state index contributed by atoms with van der Waals surface area (Å²) in [6, 6.07) is 14.0. The molecule has 0 aliphatic carbocycles. The van der Waals surface area contributed by atoms with E-state index >= 15 is 0 Å². The molecule has 2 aromatic rings. The number of hydrazone groups is 1. The summed E-state index contributed by atoms with van der Waals surface area (Å²) >= 11 is 0. The van der Waals surface area contributed by atoms with Gasteiger partial charge in [-0.15, -0.1) is 0 Å². The van der Waals surface area contributed by atoms with Crippen LogP contribution in [0.1, 0.15) is 22.3 Å². The molecule has 144 valence electrons. The van der Waals surface area contributed by atoms with Crippen molar-refractivity contribution < 1.29 is 24.0 Å². The number of hydrogen-bond donors (Lipinski definition) is 1. The second-order valence-corrected chi connectivity index (χ2v) is 5.65. The molecule has 0 saturated carbocycles. The first-order valence-corrected chi connectivity index (χ1v) is 8.16. The van der Waals surface area contributed by atoms with E-state index in [1.54, 1.807) is 24.3 Å². The van der Waals surface area contributed by atoms with Gasteiger partial charge >= 0.3 is 5.97 Å². The molecule has 0 radical (unpaired) electrons. The molecule has 0 bridgehead atoms. The van der Waals surface area contributed by atoms with Gasteiger partial charge < -0.3 is 4.74 Å². The Morgan fingerprint density at radius 2 is 1.82 bits per heavy atom. The van der Waals surface area contributed by atoms with E-state index in [9.17, 15) is 24.5 Å². The minimum Gasteiger partial charge on any atom is -0.464 e. The lowest BCUT2D eigenvalue weighted by molar-refractivity contribution is -0.384. The van der Waals surface area contributed by atoms with Crippen LogP contribution in [0, 0.1) is 10.1 Å². The zero-order valence-electron chi connectivity index (χ0n) is 15.0. The van der Waals surface area contributed by atoms with Crippen LogP contribution >= 0.6 is 0 Å². The van der Waals surface area contributed by atoms with Crippen LogP contribution in [-0.4, -0.2) is 35.4 Å². The predicted molar refractivity (Wildman–Crippen MR) is 99.8 cm³/mol. The highest BCUT2D eigenvalue weighted by Crippen LogP contribution is 2.15. The van der Waals surface area contributed by atoms with Crippen molar-refractivity contribution in [2.45, 2.75) is 12.8 Å². The van der Waals surface area contributed by atoms with Crippen molar-refractivity contribution in [3.05, 3.63) is 75.8 Å². The van der Waals surface area contributed by atoms with E-state index in [2.05, 4.69) is 15.3 Å². The maximum Gasteiger partial charge on any atom is 0.354 e. The number of non-ortho nitro benzene ring substituents is 1. The van der Waals surface area contributed by atoms with Crippen molar-refractivity contribution in [3.63, 3.8) is 0 Å². The number of esters is 1. The van der Waals surface area contributed by atoms with E-state index in [0.717, 1.165) is 18.7 Å². The van der Waals surface area contributed by atoms with E-state index in [1.807, 2.05) is 6.07 Å². The topological polar surface area (TPSA) is 128 Å². The molecule has 9 heteroatoms. The standard InChI is InChI=1S/C19H17N3O6/c1-28-19(25)16(20-21-18(24)10-13-6-3-2-4-7-13)12-17(23)14-8-5-9-15(11-14)22(26)27/h2-9,11H,10,12H2,1H3,(H,21,24)/b20-16+. The average molecular weight is 383 g/mol. The van der Waals surface area contributed by atoms with E-state index in [4.69, 9.17) is 0 Å². The summed E-state index contributed by atoms with van der Waals surface area (Å²) < 4.78 is 4.58. The molecular formula is C19H17N3O6. The number of nitrogens with zero attached hydrogens (tertiary/aromatic N) is 2. The second-order valence-electron chi connectivity index (χ2n) is 5.65. The van der Waals surface area contributed by atoms with E-state index in [1.165, 1.54) is 18.2 Å². The largest absolute Gasteiger partial charge is 0.464 e. The Bertz CT molecular complexity index is 924. The first kappa shape index (κ1) is 20.4. The summed E-state index contributed by atoms with van der Waals surface area (Å²) in [7, 11) is 1.11. The maximum absolute atomic E-state index is 12.4. The zero-order chi connectivity index (χ0) is 20.5. The lowest BCUT2D eigenvalue weighted by atomic mass is 10.1. The van der Waals surface area contributed by atoms with E-state index in [0.29, 0.717) is 0 Å². The summed E-state index contributed by atoms with van der Waals surface area (Å²) in [6.07, 6.45) is -0.447. The fraction of sp³-hybridized carbons (Fsp3) is 0.158. The molecule has 28 heavy (non-hydrogen) atoms. The van der Waals surface area contributed by atoms with Crippen molar-refractivity contribution >= 4 is 29.1 Å². The molecule has 9 nitrogen and oxygen atoms in total. The Morgan fingerprint density at radius 3 is 2.46 bits per heavy atom. The molecule has 0 saturated heterocycles. The van der Waals surface area contributed by atoms with Gasteiger partial charge in [0, 0.05) is 17.7 Å². The number of nitro groups is 1. The van der Waals surface area contributed by atoms with Gasteiger partial charge in [0.1, 0.15) is 0 Å². The minimum atomic E-state index is -0.890. The number of Topliss-reactive ketones (excluding diaryl/α,β-unsaturated/α-hetero) is 1. The van der Waals surface area contributed by atoms with Gasteiger partial charge in [0.15, 0.2) is 11.5 Å². The van der Waals surface area contributed by atoms with Gasteiger partial charge in [0.25, 0.3) is 5.69 Å². The SMILES string of the molecule is COC(=O)/C(CC(=O)c1cccc([N+](=O)[O-])c1)=N/NC(=O)Cc1ccccc1. The number of hydrogen-bond acceptors (Lipinski definition) is 7. The number of methoxy groups -OCH3 is 1. The molecule has 0 unspecified atom stereocenters. The van der Waals surface area contributed by atoms with Crippen LogP contribution in [0.4, 0.5) is 5.69 Å². The van der Waals surface area contributed by atoms with Crippen LogP contribution in [-0.2, 0) is 20.7 Å². The third kappa shape index (κ3) is 5.84. The molecule has 2 rings (SSSR count). The summed E-state index contributed by atoms with van der Waals surface area (Å²) in [5.41, 5.74) is 2.45. The third-order valence-electron chi connectivity index (χ3n) is 3.65. The van der Waals surface area contributed by atoms with Crippen molar-refractivity contribution in [1.29, 1.82) is 0 Å². The normalized spacial score (nSPS) is 10.8. The van der Waals surface area contributed by atoms with Gasteiger partial charge in [-0.1, -0.05) is 42.5 Å². The van der Waals surface area contributed by atoms with Crippen molar-refractivity contribution in [3.8, 4) is 0 Å². The maximum atomic E-state index is 12.4. The second kappa shape index (κ2) is 9.72. The molecule has 1 N–H and O–H groups in total. The Kier molecular flexibility index (Phi) is 7.09. The number of ether oxygens (including phenoxy) is 1. The van der Waals surface area contributed by atoms with Crippen LogP contribution in [0.25, 0.3) is 0 Å². The number of ketones is 1. The Hall–Kier alpha value is -3.88. The summed E-state index contributed by atoms with van der Waals surface area (Å²) in [5.74, 6) is -1.95. The van der Waals surface area contributed by atoms with Crippen molar-refractivity contribution in [1.82, 2.24) is 5.43 Å². The molecule has 0 fully saturated rings. The fourth-order valence-electron chi connectivity index (χ4n) is 2.27. The fourth-order valence-corrected chi connectivity index (χ4v) is 2.27. The predicted octanol–water partition coefficient (Wildman–Crippen LogP) is 2.06. The highest BCUT2D eigenvalue weighted by atomic mass is 16.6. The van der Waals surface area contributed by atoms with E-state index in [-0.39, 0.29) is 23.4 Å². The number of rotatable bonds is 8. The number of amides is 1. The number of nitrogens with one attached hydrogen (secondary N) is 1. The molecule has 0 aliphatic heterocycles. The van der Waals surface area contributed by atoms with Gasteiger partial charge in [-0.2, -0.15) is 5.10 Å². The van der Waals surface area contributed by atoms with Gasteiger partial charge in [0.2, 0.25) is 5.91 Å². The number of carbonyl (C=O) groups is 3. The molecule has 2 aromatic carbocycles. The molecule has 1 amide bonds. The number of nitro benzene ring substituents is 1. The Balaban J connectivity index is 2.10. The Morgan fingerprint density at radius 1 is 1.11 bits per heavy atom. The number of carbonyl (C=O) groups excluding carboxylic acids is 3. The smallest absolute Gasteiger partial charge is 0.354 e. The third-order valence-corrected chi connectivity index (χ3v) is 3.65. The van der Waals surface area contributed by atoms with Crippen molar-refractivity contribution in [2.24, 2.45) is 5.10 Å². The van der Waals surface area contributed by atoms with Gasteiger partial charge in [-0.25, -0.2) is 10.2 Å². The first-order chi connectivity index (χ1) is 13.4. The summed E-state index contributed by atoms with van der Waals surface area (Å²) in [5, 5.41) is 14.5. The van der Waals surface area contributed by atoms with Crippen LogP contribution in [0.2, 0.25) is 0 Å². The van der Waals surface area contributed by atoms with Gasteiger partial charge in [-0.05, 0) is 5.56 Å². The molecule has 0 spiro atoms. The zero-order valence-corrected chi connectivity index (χ0v) is 15.0. The first-order valence-electron chi connectivity index (χ1n) is 8.16. The van der Waals surface area contributed by atoms with Gasteiger partial charge in [0.05, 0.1) is 24.9 Å². The quantitative estimate of drug-likeness (QED) is 0.244. The summed E-state index contributed by atoms with van der Waals surface area (Å²) in [6.45, 7) is 0. The molecule has 0 aromatic heterocycles. The average Bonchev–Trinajstić information content (AvgIpc) is 2.71. The van der Waals surface area contributed by atoms with Crippen LogP contribution < -0.4 is 5.43 Å². The lowest BCUT2D eigenvalue weighted by Gasteiger charge is -2.06. The monoisotopic (exact) mass is 383 g/mol. The van der Waals surface area contributed by atoms with Gasteiger partial charge in [-0.3, -0.25) is 19.7 Å².